The zero-order chi connectivity index (χ0) is 21.9. The highest BCUT2D eigenvalue weighted by molar-refractivity contribution is 6.01. The number of nitrogens with zero attached hydrogens (tertiary/aromatic N) is 2. The number of hydrogen-bond acceptors (Lipinski definition) is 12. The molecule has 0 aromatic rings. The lowest BCUT2D eigenvalue weighted by Gasteiger charge is -2.12. The molecule has 166 valence electrons. The Bertz CT molecular complexity index is 604. The molecule has 0 bridgehead atoms. The van der Waals surface area contributed by atoms with E-state index < -0.39 is 35.9 Å². The minimum absolute atomic E-state index is 0.0146. The van der Waals surface area contributed by atoms with Gasteiger partial charge in [-0.05, 0) is 0 Å². The maximum Gasteiger partial charge on any atom is 0.534 e. The molecule has 4 amide bonds. The molecule has 30 heavy (non-hydrogen) atoms. The fourth-order valence-corrected chi connectivity index (χ4v) is 2.21. The first kappa shape index (κ1) is 23.0. The van der Waals surface area contributed by atoms with Gasteiger partial charge in [0.1, 0.15) is 13.2 Å². The molecule has 2 aliphatic rings. The molecule has 0 aromatic carbocycles. The van der Waals surface area contributed by atoms with Gasteiger partial charge in [-0.25, -0.2) is 9.59 Å². The van der Waals surface area contributed by atoms with Gasteiger partial charge in [0.05, 0.1) is 26.4 Å². The molecule has 0 aromatic heterocycles. The minimum Gasteiger partial charge on any atom is -0.430 e. The summed E-state index contributed by atoms with van der Waals surface area (Å²) >= 11 is 0. The number of hydroxylamine groups is 4. The van der Waals surface area contributed by atoms with Gasteiger partial charge in [-0.3, -0.25) is 28.9 Å². The fourth-order valence-electron chi connectivity index (χ4n) is 2.21. The summed E-state index contributed by atoms with van der Waals surface area (Å²) in [5.74, 6) is -2.44. The van der Waals surface area contributed by atoms with Crippen molar-refractivity contribution in [2.75, 3.05) is 39.6 Å². The van der Waals surface area contributed by atoms with Crippen molar-refractivity contribution in [1.82, 2.24) is 10.1 Å². The first-order valence-corrected chi connectivity index (χ1v) is 8.95. The molecule has 0 aliphatic carbocycles. The third kappa shape index (κ3) is 7.29. The molecule has 0 spiro atoms. The summed E-state index contributed by atoms with van der Waals surface area (Å²) in [7, 11) is 0. The van der Waals surface area contributed by atoms with Crippen LogP contribution in [0.1, 0.15) is 25.7 Å². The van der Waals surface area contributed by atoms with Crippen LogP contribution in [0.5, 0.6) is 0 Å². The Labute approximate surface area is 169 Å². The molecular weight excluding hydrogens is 412 g/mol. The van der Waals surface area contributed by atoms with Crippen molar-refractivity contribution >= 4 is 35.9 Å². The second-order valence-corrected chi connectivity index (χ2v) is 5.77. The lowest BCUT2D eigenvalue weighted by molar-refractivity contribution is -0.178. The van der Waals surface area contributed by atoms with Crippen molar-refractivity contribution < 1.29 is 57.4 Å². The number of rotatable bonds is 11. The van der Waals surface area contributed by atoms with Crippen molar-refractivity contribution in [3.05, 3.63) is 0 Å². The molecule has 0 saturated carbocycles. The van der Waals surface area contributed by atoms with E-state index >= 15 is 0 Å². The zero-order valence-corrected chi connectivity index (χ0v) is 15.9. The molecule has 2 saturated heterocycles. The van der Waals surface area contributed by atoms with Crippen LogP contribution >= 0.6 is 0 Å². The highest BCUT2D eigenvalue weighted by Gasteiger charge is 2.34. The predicted molar refractivity (Wildman–Crippen MR) is 88.7 cm³/mol. The van der Waals surface area contributed by atoms with Crippen molar-refractivity contribution in [3.63, 3.8) is 0 Å². The largest absolute Gasteiger partial charge is 0.534 e. The molecule has 0 atom stereocenters. The van der Waals surface area contributed by atoms with Gasteiger partial charge in [0, 0.05) is 25.7 Å². The van der Waals surface area contributed by atoms with Gasteiger partial charge in [-0.15, -0.1) is 0 Å². The van der Waals surface area contributed by atoms with E-state index in [2.05, 4.69) is 19.1 Å². The highest BCUT2D eigenvalue weighted by Crippen LogP contribution is 2.13. The van der Waals surface area contributed by atoms with Gasteiger partial charge >= 0.3 is 12.3 Å². The van der Waals surface area contributed by atoms with Crippen LogP contribution in [0.2, 0.25) is 0 Å². The SMILES string of the molecule is O=C(OCCOCCOCCOC(=O)ON1C(=O)CCC1=O)ON1C(=O)CCC1=O. The summed E-state index contributed by atoms with van der Waals surface area (Å²) in [5, 5.41) is 0.742. The summed E-state index contributed by atoms with van der Waals surface area (Å²) in [6.45, 7) is -0.0243. The zero-order valence-electron chi connectivity index (χ0n) is 15.9. The summed E-state index contributed by atoms with van der Waals surface area (Å²) in [5.41, 5.74) is 0. The van der Waals surface area contributed by atoms with Gasteiger partial charge < -0.3 is 18.9 Å². The Morgan fingerprint density at radius 3 is 1.20 bits per heavy atom. The molecule has 2 rings (SSSR count). The summed E-state index contributed by atoms with van der Waals surface area (Å²) < 4.78 is 19.5. The Morgan fingerprint density at radius 2 is 0.867 bits per heavy atom. The molecular formula is C16H20N2O12. The number of imide groups is 2. The van der Waals surface area contributed by atoms with Crippen LogP contribution in [-0.4, -0.2) is 85.7 Å². The van der Waals surface area contributed by atoms with Crippen LogP contribution in [0.3, 0.4) is 0 Å². The fraction of sp³-hybridized carbons (Fsp3) is 0.625. The van der Waals surface area contributed by atoms with Crippen LogP contribution in [0.25, 0.3) is 0 Å². The number of carbonyl (C=O) groups excluding carboxylic acids is 6. The summed E-state index contributed by atoms with van der Waals surface area (Å²) in [4.78, 5) is 76.6. The molecule has 2 heterocycles. The molecule has 2 aliphatic heterocycles. The summed E-state index contributed by atoms with van der Waals surface area (Å²) in [6, 6.07) is 0. The van der Waals surface area contributed by atoms with E-state index in [1.165, 1.54) is 0 Å². The molecule has 14 nitrogen and oxygen atoms in total. The second kappa shape index (κ2) is 11.7. The lowest BCUT2D eigenvalue weighted by Crippen LogP contribution is -2.32. The van der Waals surface area contributed by atoms with Crippen LogP contribution in [0, 0.1) is 0 Å². The molecule has 0 unspecified atom stereocenters. The van der Waals surface area contributed by atoms with E-state index in [9.17, 15) is 28.8 Å². The predicted octanol–water partition coefficient (Wildman–Crippen LogP) is -0.546. The molecule has 2 fully saturated rings. The Kier molecular flexibility index (Phi) is 8.96. The standard InChI is InChI=1S/C16H20N2O12/c19-11-1-2-12(20)17(11)29-15(23)27-9-7-25-5-6-26-8-10-28-16(24)30-18-13(21)3-4-14(18)22/h1-10H2. The third-order valence-corrected chi connectivity index (χ3v) is 3.61. The van der Waals surface area contributed by atoms with Gasteiger partial charge in [0.25, 0.3) is 23.6 Å². The number of amides is 4. The monoisotopic (exact) mass is 432 g/mol. The first-order chi connectivity index (χ1) is 14.4. The first-order valence-electron chi connectivity index (χ1n) is 8.95. The average molecular weight is 432 g/mol. The number of carbonyl (C=O) groups is 6. The van der Waals surface area contributed by atoms with Gasteiger partial charge in [-0.1, -0.05) is 10.1 Å². The van der Waals surface area contributed by atoms with E-state index in [1.54, 1.807) is 0 Å². The Hall–Kier alpha value is -3.26. The second-order valence-electron chi connectivity index (χ2n) is 5.77. The van der Waals surface area contributed by atoms with E-state index in [0.717, 1.165) is 0 Å². The lowest BCUT2D eigenvalue weighted by atomic mass is 10.4. The van der Waals surface area contributed by atoms with Crippen LogP contribution in [0.15, 0.2) is 0 Å². The van der Waals surface area contributed by atoms with Crippen molar-refractivity contribution in [1.29, 1.82) is 0 Å². The maximum atomic E-state index is 11.3. The Balaban J connectivity index is 1.39. The van der Waals surface area contributed by atoms with Gasteiger partial charge in [-0.2, -0.15) is 0 Å². The molecule has 0 N–H and O–H groups in total. The van der Waals surface area contributed by atoms with Gasteiger partial charge in [0.2, 0.25) is 0 Å². The van der Waals surface area contributed by atoms with Crippen molar-refractivity contribution in [3.8, 4) is 0 Å². The third-order valence-electron chi connectivity index (χ3n) is 3.61. The number of ether oxygens (including phenoxy) is 4. The smallest absolute Gasteiger partial charge is 0.430 e. The van der Waals surface area contributed by atoms with Crippen LogP contribution < -0.4 is 0 Å². The van der Waals surface area contributed by atoms with Crippen LogP contribution in [0.4, 0.5) is 9.59 Å². The number of hydrogen-bond donors (Lipinski definition) is 0. The van der Waals surface area contributed by atoms with E-state index in [0.29, 0.717) is 10.1 Å². The topological polar surface area (TPSA) is 164 Å². The van der Waals surface area contributed by atoms with Crippen LogP contribution in [-0.2, 0) is 47.8 Å². The summed E-state index contributed by atoms with van der Waals surface area (Å²) in [6.07, 6.45) is -2.45. The Morgan fingerprint density at radius 1 is 0.567 bits per heavy atom. The van der Waals surface area contributed by atoms with E-state index in [1.807, 2.05) is 0 Å². The van der Waals surface area contributed by atoms with Gasteiger partial charge in [0.15, 0.2) is 0 Å². The normalized spacial score (nSPS) is 16.3. The van der Waals surface area contributed by atoms with Crippen molar-refractivity contribution in [2.45, 2.75) is 25.7 Å². The molecule has 0 radical (unpaired) electrons. The van der Waals surface area contributed by atoms with E-state index in [-0.39, 0.29) is 65.3 Å². The maximum absolute atomic E-state index is 11.3. The van der Waals surface area contributed by atoms with Crippen molar-refractivity contribution in [2.24, 2.45) is 0 Å². The van der Waals surface area contributed by atoms with E-state index in [4.69, 9.17) is 9.47 Å². The minimum atomic E-state index is -1.19. The molecule has 14 heteroatoms. The highest BCUT2D eigenvalue weighted by atomic mass is 16.8. The quantitative estimate of drug-likeness (QED) is 0.233. The average Bonchev–Trinajstić information content (AvgIpc) is 3.19.